The number of phenols is 1. The SMILES string of the molecule is CCCCCCCCCCCCCCOC(=O)CCc1ccc(O)c(C(C)(C)CCCC)c1. The van der Waals surface area contributed by atoms with Gasteiger partial charge in [0.25, 0.3) is 0 Å². The maximum absolute atomic E-state index is 12.1. The number of esters is 1. The molecule has 0 unspecified atom stereocenters. The van der Waals surface area contributed by atoms with E-state index in [0.29, 0.717) is 25.2 Å². The van der Waals surface area contributed by atoms with Crippen LogP contribution < -0.4 is 0 Å². The van der Waals surface area contributed by atoms with Crippen molar-refractivity contribution in [3.63, 3.8) is 0 Å². The summed E-state index contributed by atoms with van der Waals surface area (Å²) in [6, 6.07) is 5.77. The van der Waals surface area contributed by atoms with Crippen LogP contribution in [-0.4, -0.2) is 17.7 Å². The summed E-state index contributed by atoms with van der Waals surface area (Å²) in [6.45, 7) is 9.37. The Balaban J connectivity index is 2.14. The molecule has 0 aliphatic carbocycles. The molecule has 3 nitrogen and oxygen atoms in total. The minimum atomic E-state index is -0.113. The van der Waals surface area contributed by atoms with Gasteiger partial charge in [-0.05, 0) is 41.9 Å². The summed E-state index contributed by atoms with van der Waals surface area (Å²) < 4.78 is 5.44. The first-order valence-corrected chi connectivity index (χ1v) is 13.9. The van der Waals surface area contributed by atoms with Crippen LogP contribution in [-0.2, 0) is 21.4 Å². The van der Waals surface area contributed by atoms with Crippen LogP contribution in [0.4, 0.5) is 0 Å². The molecule has 33 heavy (non-hydrogen) atoms. The highest BCUT2D eigenvalue weighted by Crippen LogP contribution is 2.35. The standard InChI is InChI=1S/C30H52O3/c1-5-7-9-10-11-12-13-14-15-16-17-18-24-33-29(32)22-20-26-19-21-28(31)27(25-26)30(3,4)23-8-6-2/h19,21,25,31H,5-18,20,22-24H2,1-4H3. The minimum Gasteiger partial charge on any atom is -0.508 e. The van der Waals surface area contributed by atoms with Crippen LogP contribution in [0.2, 0.25) is 0 Å². The lowest BCUT2D eigenvalue weighted by Gasteiger charge is -2.26. The summed E-state index contributed by atoms with van der Waals surface area (Å²) in [7, 11) is 0. The molecule has 0 aliphatic rings. The molecule has 1 aromatic carbocycles. The van der Waals surface area contributed by atoms with Gasteiger partial charge in [0.15, 0.2) is 0 Å². The number of aryl methyl sites for hydroxylation is 1. The number of phenolic OH excluding ortho intramolecular Hbond substituents is 1. The Morgan fingerprint density at radius 1 is 0.818 bits per heavy atom. The fraction of sp³-hybridized carbons (Fsp3) is 0.767. The lowest BCUT2D eigenvalue weighted by Crippen LogP contribution is -2.17. The van der Waals surface area contributed by atoms with Crippen molar-refractivity contribution in [3.8, 4) is 5.75 Å². The first kappa shape index (κ1) is 29.5. The van der Waals surface area contributed by atoms with Crippen molar-refractivity contribution in [3.05, 3.63) is 29.3 Å². The van der Waals surface area contributed by atoms with E-state index in [0.717, 1.165) is 43.2 Å². The van der Waals surface area contributed by atoms with Gasteiger partial charge in [-0.1, -0.05) is 123 Å². The summed E-state index contributed by atoms with van der Waals surface area (Å²) in [4.78, 5) is 12.1. The molecule has 1 N–H and O–H groups in total. The van der Waals surface area contributed by atoms with Crippen LogP contribution in [0.3, 0.4) is 0 Å². The fourth-order valence-electron chi connectivity index (χ4n) is 4.48. The van der Waals surface area contributed by atoms with Crippen LogP contribution >= 0.6 is 0 Å². The number of hydrogen-bond donors (Lipinski definition) is 1. The summed E-state index contributed by atoms with van der Waals surface area (Å²) >= 11 is 0. The molecule has 0 bridgehead atoms. The molecule has 0 spiro atoms. The number of unbranched alkanes of at least 4 members (excludes halogenated alkanes) is 12. The molecule has 1 rings (SSSR count). The number of carbonyl (C=O) groups excluding carboxylic acids is 1. The number of rotatable bonds is 20. The molecule has 0 fully saturated rings. The van der Waals surface area contributed by atoms with Crippen LogP contribution in [0.25, 0.3) is 0 Å². The summed E-state index contributed by atoms with van der Waals surface area (Å²) in [5.74, 6) is 0.243. The molecule has 0 radical (unpaired) electrons. The quantitative estimate of drug-likeness (QED) is 0.156. The largest absolute Gasteiger partial charge is 0.508 e. The topological polar surface area (TPSA) is 46.5 Å². The van der Waals surface area contributed by atoms with E-state index in [1.807, 2.05) is 6.07 Å². The summed E-state index contributed by atoms with van der Waals surface area (Å²) in [5, 5.41) is 10.3. The van der Waals surface area contributed by atoms with Crippen molar-refractivity contribution >= 4 is 5.97 Å². The van der Waals surface area contributed by atoms with Gasteiger partial charge in [0.2, 0.25) is 0 Å². The third kappa shape index (κ3) is 13.7. The number of benzene rings is 1. The van der Waals surface area contributed by atoms with Gasteiger partial charge in [-0.3, -0.25) is 4.79 Å². The smallest absolute Gasteiger partial charge is 0.306 e. The second-order valence-corrected chi connectivity index (χ2v) is 10.4. The summed E-state index contributed by atoms with van der Waals surface area (Å²) in [6.07, 6.45) is 20.1. The predicted molar refractivity (Wildman–Crippen MR) is 141 cm³/mol. The highest BCUT2D eigenvalue weighted by atomic mass is 16.5. The van der Waals surface area contributed by atoms with Crippen molar-refractivity contribution in [1.29, 1.82) is 0 Å². The Morgan fingerprint density at radius 2 is 1.36 bits per heavy atom. The van der Waals surface area contributed by atoms with Crippen LogP contribution in [0, 0.1) is 0 Å². The monoisotopic (exact) mass is 460 g/mol. The van der Waals surface area contributed by atoms with Gasteiger partial charge < -0.3 is 9.84 Å². The van der Waals surface area contributed by atoms with E-state index >= 15 is 0 Å². The maximum Gasteiger partial charge on any atom is 0.306 e. The molecule has 3 heteroatoms. The molecule has 0 saturated carbocycles. The average molecular weight is 461 g/mol. The Morgan fingerprint density at radius 3 is 1.94 bits per heavy atom. The molecule has 0 amide bonds. The Labute approximate surface area is 204 Å². The van der Waals surface area contributed by atoms with E-state index in [-0.39, 0.29) is 11.4 Å². The number of carbonyl (C=O) groups is 1. The highest BCUT2D eigenvalue weighted by molar-refractivity contribution is 5.69. The van der Waals surface area contributed by atoms with Gasteiger partial charge in [0.1, 0.15) is 5.75 Å². The first-order valence-electron chi connectivity index (χ1n) is 13.9. The molecule has 0 atom stereocenters. The Hall–Kier alpha value is -1.51. The van der Waals surface area contributed by atoms with Gasteiger partial charge >= 0.3 is 5.97 Å². The Kier molecular flexibility index (Phi) is 16.0. The lowest BCUT2D eigenvalue weighted by atomic mass is 9.79. The highest BCUT2D eigenvalue weighted by Gasteiger charge is 2.23. The molecular formula is C30H52O3. The van der Waals surface area contributed by atoms with Crippen LogP contribution in [0.5, 0.6) is 5.75 Å². The number of aromatic hydroxyl groups is 1. The van der Waals surface area contributed by atoms with Crippen LogP contribution in [0.1, 0.15) is 142 Å². The molecule has 0 aliphatic heterocycles. The second kappa shape index (κ2) is 17.9. The molecule has 190 valence electrons. The molecule has 0 aromatic heterocycles. The van der Waals surface area contributed by atoms with Crippen molar-refractivity contribution in [2.75, 3.05) is 6.61 Å². The van der Waals surface area contributed by atoms with E-state index in [1.54, 1.807) is 6.07 Å². The third-order valence-electron chi connectivity index (χ3n) is 6.82. The van der Waals surface area contributed by atoms with Gasteiger partial charge in [0.05, 0.1) is 6.61 Å². The van der Waals surface area contributed by atoms with Gasteiger partial charge in [-0.15, -0.1) is 0 Å². The third-order valence-corrected chi connectivity index (χ3v) is 6.82. The number of hydrogen-bond acceptors (Lipinski definition) is 3. The van der Waals surface area contributed by atoms with E-state index in [1.165, 1.54) is 64.2 Å². The lowest BCUT2D eigenvalue weighted by molar-refractivity contribution is -0.143. The zero-order valence-corrected chi connectivity index (χ0v) is 22.2. The maximum atomic E-state index is 12.1. The fourth-order valence-corrected chi connectivity index (χ4v) is 4.48. The van der Waals surface area contributed by atoms with E-state index in [2.05, 4.69) is 33.8 Å². The predicted octanol–water partition coefficient (Wildman–Crippen LogP) is 9.04. The van der Waals surface area contributed by atoms with Gasteiger partial charge in [0, 0.05) is 6.42 Å². The van der Waals surface area contributed by atoms with E-state index in [9.17, 15) is 9.90 Å². The second-order valence-electron chi connectivity index (χ2n) is 10.4. The zero-order valence-electron chi connectivity index (χ0n) is 22.2. The molecule has 0 heterocycles. The van der Waals surface area contributed by atoms with Gasteiger partial charge in [-0.2, -0.15) is 0 Å². The zero-order chi connectivity index (χ0) is 24.4. The van der Waals surface area contributed by atoms with Crippen molar-refractivity contribution < 1.29 is 14.6 Å². The average Bonchev–Trinajstić information content (AvgIpc) is 2.80. The minimum absolute atomic E-state index is 0.0642. The molecule has 1 aromatic rings. The van der Waals surface area contributed by atoms with E-state index in [4.69, 9.17) is 4.74 Å². The van der Waals surface area contributed by atoms with E-state index < -0.39 is 0 Å². The summed E-state index contributed by atoms with van der Waals surface area (Å²) in [5.41, 5.74) is 2.01. The number of ether oxygens (including phenoxy) is 1. The van der Waals surface area contributed by atoms with Gasteiger partial charge in [-0.25, -0.2) is 0 Å². The van der Waals surface area contributed by atoms with Crippen molar-refractivity contribution in [2.24, 2.45) is 0 Å². The first-order chi connectivity index (χ1) is 15.9. The van der Waals surface area contributed by atoms with Crippen molar-refractivity contribution in [2.45, 2.75) is 142 Å². The normalized spacial score (nSPS) is 11.6. The Bertz CT molecular complexity index is 635. The molecular weight excluding hydrogens is 408 g/mol. The van der Waals surface area contributed by atoms with Crippen LogP contribution in [0.15, 0.2) is 18.2 Å². The molecule has 0 saturated heterocycles. The van der Waals surface area contributed by atoms with Crippen molar-refractivity contribution in [1.82, 2.24) is 0 Å².